The van der Waals surface area contributed by atoms with Crippen molar-refractivity contribution in [2.75, 3.05) is 11.9 Å². The Labute approximate surface area is 116 Å². The first-order chi connectivity index (χ1) is 9.54. The number of anilines is 1. The Morgan fingerprint density at radius 1 is 1.35 bits per heavy atom. The number of carbonyl (C=O) groups is 1. The fraction of sp³-hybridized carbons (Fsp3) is 0.286. The highest BCUT2D eigenvalue weighted by molar-refractivity contribution is 5.88. The number of amides is 2. The summed E-state index contributed by atoms with van der Waals surface area (Å²) in [6.45, 7) is 3.82. The zero-order chi connectivity index (χ0) is 14.5. The van der Waals surface area contributed by atoms with Crippen LogP contribution >= 0.6 is 0 Å². The molecule has 0 bridgehead atoms. The summed E-state index contributed by atoms with van der Waals surface area (Å²) in [5.74, 6) is 0.949. The molecule has 0 fully saturated rings. The van der Waals surface area contributed by atoms with Gasteiger partial charge in [-0.1, -0.05) is 35.0 Å². The number of aryl methyl sites for hydroxylation is 2. The molecule has 106 valence electrons. The van der Waals surface area contributed by atoms with E-state index in [0.29, 0.717) is 11.6 Å². The van der Waals surface area contributed by atoms with Gasteiger partial charge in [0.15, 0.2) is 5.82 Å². The Hall–Kier alpha value is -2.34. The normalized spacial score (nSPS) is 11.9. The molecule has 2 aromatic rings. The molecule has 0 aliphatic heterocycles. The molecule has 2 amide bonds. The third kappa shape index (κ3) is 3.83. The second-order valence-corrected chi connectivity index (χ2v) is 4.58. The van der Waals surface area contributed by atoms with Crippen LogP contribution in [0.25, 0.3) is 0 Å². The molecule has 1 heterocycles. The fourth-order valence-corrected chi connectivity index (χ4v) is 1.68. The van der Waals surface area contributed by atoms with Crippen LogP contribution in [0.5, 0.6) is 0 Å². The van der Waals surface area contributed by atoms with Gasteiger partial charge in [-0.15, -0.1) is 0 Å². The molecule has 0 spiro atoms. The average molecular weight is 275 g/mol. The summed E-state index contributed by atoms with van der Waals surface area (Å²) in [6, 6.07) is 8.66. The monoisotopic (exact) mass is 275 g/mol. The van der Waals surface area contributed by atoms with E-state index in [0.717, 1.165) is 11.1 Å². The second-order valence-electron chi connectivity index (χ2n) is 4.58. The number of aromatic nitrogens is 1. The zero-order valence-corrected chi connectivity index (χ0v) is 11.4. The zero-order valence-electron chi connectivity index (χ0n) is 11.4. The number of rotatable bonds is 4. The van der Waals surface area contributed by atoms with Gasteiger partial charge in [0.2, 0.25) is 0 Å². The molecular weight excluding hydrogens is 258 g/mol. The predicted octanol–water partition coefficient (Wildman–Crippen LogP) is 2.15. The Morgan fingerprint density at radius 3 is 2.65 bits per heavy atom. The van der Waals surface area contributed by atoms with E-state index in [-0.39, 0.29) is 6.54 Å². The lowest BCUT2D eigenvalue weighted by Crippen LogP contribution is -2.32. The molecule has 0 radical (unpaired) electrons. The highest BCUT2D eigenvalue weighted by Gasteiger charge is 2.10. The van der Waals surface area contributed by atoms with Crippen molar-refractivity contribution in [1.82, 2.24) is 10.5 Å². The molecule has 6 heteroatoms. The maximum absolute atomic E-state index is 11.6. The molecule has 20 heavy (non-hydrogen) atoms. The van der Waals surface area contributed by atoms with Gasteiger partial charge in [0.05, 0.1) is 6.10 Å². The minimum Gasteiger partial charge on any atom is -0.387 e. The minimum atomic E-state index is -0.750. The highest BCUT2D eigenvalue weighted by Crippen LogP contribution is 2.12. The number of carbonyl (C=O) groups excluding carboxylic acids is 1. The Kier molecular flexibility index (Phi) is 4.37. The molecule has 0 saturated heterocycles. The Bertz CT molecular complexity index is 578. The number of hydrogen-bond donors (Lipinski definition) is 3. The van der Waals surface area contributed by atoms with Crippen LogP contribution in [0.4, 0.5) is 10.6 Å². The topological polar surface area (TPSA) is 87.4 Å². The summed E-state index contributed by atoms with van der Waals surface area (Å²) >= 11 is 0. The van der Waals surface area contributed by atoms with Crippen LogP contribution in [0.2, 0.25) is 0 Å². The van der Waals surface area contributed by atoms with Gasteiger partial charge in [-0.05, 0) is 19.4 Å². The molecule has 0 aliphatic carbocycles. The lowest BCUT2D eigenvalue weighted by molar-refractivity contribution is 0.175. The van der Waals surface area contributed by atoms with Gasteiger partial charge in [0.1, 0.15) is 5.76 Å². The second kappa shape index (κ2) is 6.21. The first-order valence-electron chi connectivity index (χ1n) is 6.27. The summed E-state index contributed by atoms with van der Waals surface area (Å²) < 4.78 is 4.83. The van der Waals surface area contributed by atoms with Crippen molar-refractivity contribution in [3.63, 3.8) is 0 Å². The van der Waals surface area contributed by atoms with Crippen molar-refractivity contribution in [1.29, 1.82) is 0 Å². The molecule has 0 saturated carbocycles. The third-order valence-corrected chi connectivity index (χ3v) is 2.79. The first kappa shape index (κ1) is 14.1. The number of nitrogens with zero attached hydrogens (tertiary/aromatic N) is 1. The fourth-order valence-electron chi connectivity index (χ4n) is 1.68. The van der Waals surface area contributed by atoms with E-state index >= 15 is 0 Å². The molecule has 3 N–H and O–H groups in total. The smallest absolute Gasteiger partial charge is 0.320 e. The largest absolute Gasteiger partial charge is 0.387 e. The van der Waals surface area contributed by atoms with Gasteiger partial charge in [-0.2, -0.15) is 0 Å². The number of aliphatic hydroxyl groups excluding tert-OH is 1. The van der Waals surface area contributed by atoms with Crippen molar-refractivity contribution in [2.45, 2.75) is 20.0 Å². The molecule has 1 aromatic carbocycles. The average Bonchev–Trinajstić information content (AvgIpc) is 2.82. The van der Waals surface area contributed by atoms with Gasteiger partial charge < -0.3 is 14.9 Å². The SMILES string of the molecule is Cc1ccc(C(O)CNC(=O)Nc2cc(C)on2)cc1. The summed E-state index contributed by atoms with van der Waals surface area (Å²) in [4.78, 5) is 11.6. The maximum Gasteiger partial charge on any atom is 0.320 e. The molecule has 6 nitrogen and oxygen atoms in total. The predicted molar refractivity (Wildman–Crippen MR) is 74.4 cm³/mol. The molecular formula is C14H17N3O3. The number of aliphatic hydroxyl groups is 1. The van der Waals surface area contributed by atoms with Crippen molar-refractivity contribution in [2.24, 2.45) is 0 Å². The van der Waals surface area contributed by atoms with Crippen molar-refractivity contribution < 1.29 is 14.4 Å². The van der Waals surface area contributed by atoms with Crippen molar-refractivity contribution in [3.8, 4) is 0 Å². The quantitative estimate of drug-likeness (QED) is 0.797. The molecule has 1 atom stereocenters. The van der Waals surface area contributed by atoms with Crippen molar-refractivity contribution >= 4 is 11.8 Å². The maximum atomic E-state index is 11.6. The molecule has 1 aromatic heterocycles. The highest BCUT2D eigenvalue weighted by atomic mass is 16.5. The summed E-state index contributed by atoms with van der Waals surface area (Å²) in [6.07, 6.45) is -0.750. The van der Waals surface area contributed by atoms with Crippen LogP contribution < -0.4 is 10.6 Å². The Morgan fingerprint density at radius 2 is 2.05 bits per heavy atom. The van der Waals surface area contributed by atoms with Crippen LogP contribution in [0, 0.1) is 13.8 Å². The number of nitrogens with one attached hydrogen (secondary N) is 2. The first-order valence-corrected chi connectivity index (χ1v) is 6.27. The van der Waals surface area contributed by atoms with Crippen molar-refractivity contribution in [3.05, 3.63) is 47.2 Å². The minimum absolute atomic E-state index is 0.117. The van der Waals surface area contributed by atoms with Crippen LogP contribution in [0.1, 0.15) is 23.0 Å². The molecule has 1 unspecified atom stereocenters. The van der Waals surface area contributed by atoms with E-state index < -0.39 is 12.1 Å². The van der Waals surface area contributed by atoms with E-state index in [2.05, 4.69) is 15.8 Å². The van der Waals surface area contributed by atoms with Gasteiger partial charge in [-0.25, -0.2) is 4.79 Å². The van der Waals surface area contributed by atoms with E-state index in [1.54, 1.807) is 13.0 Å². The summed E-state index contributed by atoms with van der Waals surface area (Å²) in [5, 5.41) is 18.7. The van der Waals surface area contributed by atoms with E-state index in [9.17, 15) is 9.90 Å². The molecule has 2 rings (SSSR count). The number of hydrogen-bond acceptors (Lipinski definition) is 4. The summed E-state index contributed by atoms with van der Waals surface area (Å²) in [5.41, 5.74) is 1.88. The number of benzene rings is 1. The third-order valence-electron chi connectivity index (χ3n) is 2.79. The van der Waals surface area contributed by atoms with Gasteiger partial charge in [0.25, 0.3) is 0 Å². The van der Waals surface area contributed by atoms with E-state index in [1.807, 2.05) is 31.2 Å². The summed E-state index contributed by atoms with van der Waals surface area (Å²) in [7, 11) is 0. The van der Waals surface area contributed by atoms with E-state index in [4.69, 9.17) is 4.52 Å². The van der Waals surface area contributed by atoms with Crippen LogP contribution in [0.3, 0.4) is 0 Å². The Balaban J connectivity index is 1.82. The lowest BCUT2D eigenvalue weighted by atomic mass is 10.1. The lowest BCUT2D eigenvalue weighted by Gasteiger charge is -2.12. The number of urea groups is 1. The van der Waals surface area contributed by atoms with Crippen LogP contribution in [-0.4, -0.2) is 22.8 Å². The van der Waals surface area contributed by atoms with Crippen LogP contribution in [0.15, 0.2) is 34.9 Å². The van der Waals surface area contributed by atoms with Gasteiger partial charge >= 0.3 is 6.03 Å². The van der Waals surface area contributed by atoms with E-state index in [1.165, 1.54) is 0 Å². The molecule has 0 aliphatic rings. The van der Waals surface area contributed by atoms with Crippen LogP contribution in [-0.2, 0) is 0 Å². The standard InChI is InChI=1S/C14H17N3O3/c1-9-3-5-11(6-4-9)12(18)8-15-14(19)16-13-7-10(2)20-17-13/h3-7,12,18H,8H2,1-2H3,(H2,15,16,17,19). The van der Waals surface area contributed by atoms with Gasteiger partial charge in [-0.3, -0.25) is 5.32 Å². The van der Waals surface area contributed by atoms with Gasteiger partial charge in [0, 0.05) is 12.6 Å².